The summed E-state index contributed by atoms with van der Waals surface area (Å²) in [6, 6.07) is 8.26. The van der Waals surface area contributed by atoms with Crippen molar-refractivity contribution in [2.45, 2.75) is 0 Å². The molecular formula is C12H9N3O5. The summed E-state index contributed by atoms with van der Waals surface area (Å²) in [5.41, 5.74) is 2.43. The second kappa shape index (κ2) is 5.65. The number of hydrazone groups is 1. The van der Waals surface area contributed by atoms with Crippen LogP contribution in [0.2, 0.25) is 0 Å². The van der Waals surface area contributed by atoms with Gasteiger partial charge < -0.3 is 9.52 Å². The molecule has 1 aromatic carbocycles. The van der Waals surface area contributed by atoms with Gasteiger partial charge in [0.2, 0.25) is 0 Å². The molecule has 0 spiro atoms. The number of hydrogen-bond donors (Lipinski definition) is 2. The van der Waals surface area contributed by atoms with Gasteiger partial charge >= 0.3 is 5.88 Å². The number of hydrogen-bond acceptors (Lipinski definition) is 6. The van der Waals surface area contributed by atoms with Gasteiger partial charge in [0.1, 0.15) is 10.7 Å². The Morgan fingerprint density at radius 2 is 2.20 bits per heavy atom. The Morgan fingerprint density at radius 3 is 2.85 bits per heavy atom. The lowest BCUT2D eigenvalue weighted by Gasteiger charge is -1.99. The highest BCUT2D eigenvalue weighted by atomic mass is 16.6. The van der Waals surface area contributed by atoms with Crippen molar-refractivity contribution in [2.24, 2.45) is 5.10 Å². The Kier molecular flexibility index (Phi) is 3.75. The van der Waals surface area contributed by atoms with Gasteiger partial charge in [-0.05, 0) is 24.3 Å². The van der Waals surface area contributed by atoms with Crippen molar-refractivity contribution < 1.29 is 19.2 Å². The SMILES string of the molecule is O=C(N/N=C/c1ccc([N+](=O)[O-])o1)c1cccc(O)c1. The third-order valence-electron chi connectivity index (χ3n) is 2.26. The fourth-order valence-corrected chi connectivity index (χ4v) is 1.38. The van der Waals surface area contributed by atoms with Crippen molar-refractivity contribution in [3.63, 3.8) is 0 Å². The van der Waals surface area contributed by atoms with E-state index in [1.807, 2.05) is 0 Å². The number of furan rings is 1. The quantitative estimate of drug-likeness (QED) is 0.499. The first-order valence-corrected chi connectivity index (χ1v) is 5.43. The van der Waals surface area contributed by atoms with E-state index in [-0.39, 0.29) is 17.1 Å². The summed E-state index contributed by atoms with van der Waals surface area (Å²) in [6.45, 7) is 0. The lowest BCUT2D eigenvalue weighted by atomic mass is 10.2. The highest BCUT2D eigenvalue weighted by Gasteiger charge is 2.10. The van der Waals surface area contributed by atoms with Crippen molar-refractivity contribution in [1.82, 2.24) is 5.43 Å². The van der Waals surface area contributed by atoms with Crippen LogP contribution in [-0.4, -0.2) is 22.2 Å². The van der Waals surface area contributed by atoms with E-state index in [1.165, 1.54) is 36.4 Å². The number of nitro groups is 1. The Labute approximate surface area is 112 Å². The molecule has 2 rings (SSSR count). The number of phenolic OH excluding ortho intramolecular Hbond substituents is 1. The second-order valence-corrected chi connectivity index (χ2v) is 3.68. The number of benzene rings is 1. The van der Waals surface area contributed by atoms with Crippen molar-refractivity contribution in [1.29, 1.82) is 0 Å². The van der Waals surface area contributed by atoms with E-state index in [0.717, 1.165) is 6.21 Å². The first-order chi connectivity index (χ1) is 9.56. The molecule has 20 heavy (non-hydrogen) atoms. The lowest BCUT2D eigenvalue weighted by molar-refractivity contribution is -0.402. The largest absolute Gasteiger partial charge is 0.508 e. The topological polar surface area (TPSA) is 118 Å². The van der Waals surface area contributed by atoms with Gasteiger partial charge in [-0.1, -0.05) is 6.07 Å². The summed E-state index contributed by atoms with van der Waals surface area (Å²) >= 11 is 0. The first-order valence-electron chi connectivity index (χ1n) is 5.43. The molecule has 0 radical (unpaired) electrons. The highest BCUT2D eigenvalue weighted by molar-refractivity contribution is 5.95. The maximum Gasteiger partial charge on any atom is 0.433 e. The van der Waals surface area contributed by atoms with E-state index in [1.54, 1.807) is 0 Å². The zero-order valence-corrected chi connectivity index (χ0v) is 10.0. The van der Waals surface area contributed by atoms with Crippen LogP contribution >= 0.6 is 0 Å². The molecule has 8 nitrogen and oxygen atoms in total. The number of aromatic hydroxyl groups is 1. The van der Waals surface area contributed by atoms with Gasteiger partial charge in [-0.3, -0.25) is 14.9 Å². The number of carbonyl (C=O) groups is 1. The zero-order valence-electron chi connectivity index (χ0n) is 10.0. The van der Waals surface area contributed by atoms with E-state index in [9.17, 15) is 20.0 Å². The molecule has 0 aliphatic carbocycles. The number of phenols is 1. The van der Waals surface area contributed by atoms with Crippen molar-refractivity contribution in [2.75, 3.05) is 0 Å². The molecule has 0 unspecified atom stereocenters. The third kappa shape index (κ3) is 3.19. The van der Waals surface area contributed by atoms with E-state index < -0.39 is 16.7 Å². The normalized spacial score (nSPS) is 10.6. The fraction of sp³-hybridized carbons (Fsp3) is 0. The minimum atomic E-state index is -0.678. The molecule has 1 amide bonds. The fourth-order valence-electron chi connectivity index (χ4n) is 1.38. The zero-order chi connectivity index (χ0) is 14.5. The third-order valence-corrected chi connectivity index (χ3v) is 2.26. The monoisotopic (exact) mass is 275 g/mol. The van der Waals surface area contributed by atoms with Gasteiger partial charge in [-0.2, -0.15) is 5.10 Å². The van der Waals surface area contributed by atoms with Gasteiger partial charge in [-0.25, -0.2) is 5.43 Å². The average Bonchev–Trinajstić information content (AvgIpc) is 2.87. The number of nitrogens with one attached hydrogen (secondary N) is 1. The van der Waals surface area contributed by atoms with Gasteiger partial charge in [0.25, 0.3) is 5.91 Å². The summed E-state index contributed by atoms with van der Waals surface area (Å²) in [6.07, 6.45) is 1.13. The number of nitrogens with zero attached hydrogens (tertiary/aromatic N) is 2. The molecule has 2 N–H and O–H groups in total. The van der Waals surface area contributed by atoms with Crippen LogP contribution in [-0.2, 0) is 0 Å². The number of carbonyl (C=O) groups excluding carboxylic acids is 1. The standard InChI is InChI=1S/C12H9N3O5/c16-9-3-1-2-8(6-9)12(17)14-13-7-10-4-5-11(20-10)15(18)19/h1-7,16H,(H,14,17)/b13-7+. The summed E-state index contributed by atoms with van der Waals surface area (Å²) in [5, 5.41) is 23.2. The van der Waals surface area contributed by atoms with Gasteiger partial charge in [0, 0.05) is 5.56 Å². The summed E-state index contributed by atoms with van der Waals surface area (Å²) in [5.74, 6) is -0.847. The summed E-state index contributed by atoms with van der Waals surface area (Å²) in [4.78, 5) is 21.3. The Bertz CT molecular complexity index is 677. The van der Waals surface area contributed by atoms with Crippen LogP contribution in [0.15, 0.2) is 45.9 Å². The molecule has 2 aromatic rings. The molecule has 0 bridgehead atoms. The first kappa shape index (κ1) is 13.3. The molecule has 8 heteroatoms. The maximum atomic E-state index is 11.6. The molecular weight excluding hydrogens is 266 g/mol. The minimum absolute atomic E-state index is 0.0386. The Morgan fingerprint density at radius 1 is 1.40 bits per heavy atom. The van der Waals surface area contributed by atoms with Crippen LogP contribution in [0.3, 0.4) is 0 Å². The Hall–Kier alpha value is -3.16. The van der Waals surface area contributed by atoms with E-state index in [2.05, 4.69) is 10.5 Å². The predicted octanol–water partition coefficient (Wildman–Crippen LogP) is 1.66. The predicted molar refractivity (Wildman–Crippen MR) is 68.5 cm³/mol. The van der Waals surface area contributed by atoms with Gasteiger partial charge in [-0.15, -0.1) is 0 Å². The average molecular weight is 275 g/mol. The second-order valence-electron chi connectivity index (χ2n) is 3.68. The summed E-state index contributed by atoms with van der Waals surface area (Å²) < 4.78 is 4.81. The highest BCUT2D eigenvalue weighted by Crippen LogP contribution is 2.14. The van der Waals surface area contributed by atoms with Crippen LogP contribution < -0.4 is 5.43 Å². The van der Waals surface area contributed by atoms with E-state index >= 15 is 0 Å². The Balaban J connectivity index is 1.99. The molecule has 0 fully saturated rings. The molecule has 0 atom stereocenters. The smallest absolute Gasteiger partial charge is 0.433 e. The molecule has 102 valence electrons. The van der Waals surface area contributed by atoms with Crippen molar-refractivity contribution in [3.8, 4) is 5.75 Å². The lowest BCUT2D eigenvalue weighted by Crippen LogP contribution is -2.17. The molecule has 0 saturated carbocycles. The van der Waals surface area contributed by atoms with Crippen LogP contribution in [0.25, 0.3) is 0 Å². The van der Waals surface area contributed by atoms with Gasteiger partial charge in [0.05, 0.1) is 12.3 Å². The van der Waals surface area contributed by atoms with E-state index in [4.69, 9.17) is 4.42 Å². The van der Waals surface area contributed by atoms with Crippen molar-refractivity contribution in [3.05, 3.63) is 57.8 Å². The van der Waals surface area contributed by atoms with Crippen LogP contribution in [0.4, 0.5) is 5.88 Å². The minimum Gasteiger partial charge on any atom is -0.508 e. The van der Waals surface area contributed by atoms with Crippen LogP contribution in [0, 0.1) is 10.1 Å². The number of rotatable bonds is 4. The van der Waals surface area contributed by atoms with Crippen LogP contribution in [0.1, 0.15) is 16.1 Å². The van der Waals surface area contributed by atoms with Crippen molar-refractivity contribution >= 4 is 18.0 Å². The molecule has 0 aliphatic heterocycles. The van der Waals surface area contributed by atoms with E-state index in [0.29, 0.717) is 0 Å². The molecule has 0 saturated heterocycles. The molecule has 1 aromatic heterocycles. The summed E-state index contributed by atoms with van der Waals surface area (Å²) in [7, 11) is 0. The molecule has 1 heterocycles. The number of amides is 1. The van der Waals surface area contributed by atoms with Gasteiger partial charge in [0.15, 0.2) is 5.76 Å². The van der Waals surface area contributed by atoms with Crippen LogP contribution in [0.5, 0.6) is 5.75 Å². The maximum absolute atomic E-state index is 11.6. The molecule has 0 aliphatic rings.